The Bertz CT molecular complexity index is 1280. The molecule has 2 fully saturated rings. The predicted molar refractivity (Wildman–Crippen MR) is 142 cm³/mol. The Kier molecular flexibility index (Phi) is 6.92. The number of nitrogens with zero attached hydrogens (tertiary/aromatic N) is 4. The summed E-state index contributed by atoms with van der Waals surface area (Å²) >= 11 is 6.13. The van der Waals surface area contributed by atoms with Crippen LogP contribution in [0, 0.1) is 11.2 Å². The molecule has 5 rings (SSSR count). The van der Waals surface area contributed by atoms with E-state index in [2.05, 4.69) is 34.5 Å². The number of pyridine rings is 1. The molecule has 0 spiro atoms. The van der Waals surface area contributed by atoms with Crippen LogP contribution in [0.15, 0.2) is 24.7 Å². The Morgan fingerprint density at radius 1 is 1.33 bits per heavy atom. The number of halogens is 2. The van der Waals surface area contributed by atoms with Crippen LogP contribution in [0.1, 0.15) is 39.5 Å². The zero-order chi connectivity index (χ0) is 25.5. The Morgan fingerprint density at radius 2 is 2.11 bits per heavy atom. The minimum absolute atomic E-state index is 0.0376. The van der Waals surface area contributed by atoms with Gasteiger partial charge >= 0.3 is 0 Å². The highest BCUT2D eigenvalue weighted by molar-refractivity contribution is 7.19. The van der Waals surface area contributed by atoms with Crippen molar-refractivity contribution in [1.29, 1.82) is 0 Å². The summed E-state index contributed by atoms with van der Waals surface area (Å²) in [6.07, 6.45) is 7.89. The third-order valence-corrected chi connectivity index (χ3v) is 9.14. The molecule has 1 aliphatic carbocycles. The van der Waals surface area contributed by atoms with E-state index >= 15 is 0 Å². The van der Waals surface area contributed by atoms with Crippen molar-refractivity contribution in [2.24, 2.45) is 5.41 Å². The van der Waals surface area contributed by atoms with Crippen molar-refractivity contribution in [3.05, 3.63) is 35.5 Å². The van der Waals surface area contributed by atoms with Crippen LogP contribution in [0.4, 0.5) is 10.2 Å². The number of morpholine rings is 1. The molecular formula is C25H31ClFN6O2P. The van der Waals surface area contributed by atoms with Crippen molar-refractivity contribution in [1.82, 2.24) is 24.8 Å². The summed E-state index contributed by atoms with van der Waals surface area (Å²) in [5.41, 5.74) is 0.759. The summed E-state index contributed by atoms with van der Waals surface area (Å²) in [6.45, 7) is 6.44. The number of nitrogens with one attached hydrogen (secondary N) is 2. The molecule has 8 nitrogen and oxygen atoms in total. The van der Waals surface area contributed by atoms with E-state index in [4.69, 9.17) is 16.3 Å². The van der Waals surface area contributed by atoms with Crippen molar-refractivity contribution in [2.45, 2.75) is 50.7 Å². The van der Waals surface area contributed by atoms with Crippen LogP contribution in [0.5, 0.6) is 0 Å². The van der Waals surface area contributed by atoms with Crippen LogP contribution in [0.25, 0.3) is 22.4 Å². The van der Waals surface area contributed by atoms with Crippen LogP contribution < -0.4 is 5.32 Å². The first-order chi connectivity index (χ1) is 17.2. The van der Waals surface area contributed by atoms with Crippen molar-refractivity contribution >= 4 is 43.6 Å². The first-order valence-electron chi connectivity index (χ1n) is 12.3. The number of amides is 1. The Hall–Kier alpha value is -2.35. The van der Waals surface area contributed by atoms with E-state index in [1.807, 2.05) is 18.7 Å². The van der Waals surface area contributed by atoms with Gasteiger partial charge < -0.3 is 19.9 Å². The number of aromatic amines is 1. The lowest BCUT2D eigenvalue weighted by Crippen LogP contribution is -2.56. The van der Waals surface area contributed by atoms with E-state index in [1.165, 1.54) is 6.20 Å². The predicted octanol–water partition coefficient (Wildman–Crippen LogP) is 4.67. The van der Waals surface area contributed by atoms with Gasteiger partial charge in [0.1, 0.15) is 5.65 Å². The number of hydrogen-bond donors (Lipinski definition) is 2. The number of hydrogen-bond acceptors (Lipinski definition) is 6. The number of fused-ring (bicyclic) bond motifs is 1. The molecule has 3 aromatic heterocycles. The number of ether oxygens (including phenoxy) is 1. The van der Waals surface area contributed by atoms with Crippen molar-refractivity contribution in [3.8, 4) is 11.4 Å². The molecule has 0 bridgehead atoms. The standard InChI is InChI=1S/C25H31ClFN6O2P/c1-24(2,23(34)33-6-8-35-9-7-33)25(36)5-3-4-16(11-25)31-22-19(27)14-30-21(32-22)18-13-29-20-17(18)10-15(26)12-28-20/h10,12-14,16H,3-9,11,36H2,1-2H3,(H,28,29)(H,30,31,32)/t16-,25-/m1/s1. The first-order valence-corrected chi connectivity index (χ1v) is 13.2. The minimum atomic E-state index is -0.596. The number of H-pyrrole nitrogens is 1. The fourth-order valence-corrected chi connectivity index (χ4v) is 6.10. The lowest BCUT2D eigenvalue weighted by Gasteiger charge is -2.49. The maximum Gasteiger partial charge on any atom is 0.229 e. The molecule has 1 saturated heterocycles. The fraction of sp³-hybridized carbons (Fsp3) is 0.520. The molecule has 3 atom stereocenters. The summed E-state index contributed by atoms with van der Waals surface area (Å²) in [4.78, 5) is 31.5. The second-order valence-corrected chi connectivity index (χ2v) is 11.8. The zero-order valence-corrected chi connectivity index (χ0v) is 22.4. The second-order valence-electron chi connectivity index (χ2n) is 10.3. The third-order valence-electron chi connectivity index (χ3n) is 7.69. The van der Waals surface area contributed by atoms with E-state index in [-0.39, 0.29) is 22.9 Å². The van der Waals surface area contributed by atoms with Gasteiger partial charge in [0.15, 0.2) is 17.5 Å². The molecule has 2 N–H and O–H groups in total. The molecule has 0 radical (unpaired) electrons. The third kappa shape index (κ3) is 4.69. The zero-order valence-electron chi connectivity index (χ0n) is 20.5. The SMILES string of the molecule is CC(C)(C(=O)N1CCOCC1)[C@@]1(P)CCC[C@@H](Nc2nc(-c3c[nH]c4ncc(Cl)cc34)ncc2F)C1. The lowest BCUT2D eigenvalue weighted by atomic mass is 9.68. The molecule has 1 amide bonds. The van der Waals surface area contributed by atoms with Crippen LogP contribution in [-0.2, 0) is 9.53 Å². The van der Waals surface area contributed by atoms with Gasteiger partial charge in [-0.05, 0) is 25.3 Å². The average molecular weight is 533 g/mol. The number of rotatable bonds is 5. The van der Waals surface area contributed by atoms with Crippen LogP contribution in [0.2, 0.25) is 5.02 Å². The largest absolute Gasteiger partial charge is 0.378 e. The van der Waals surface area contributed by atoms with Crippen LogP contribution in [-0.4, -0.2) is 68.2 Å². The van der Waals surface area contributed by atoms with E-state index in [9.17, 15) is 9.18 Å². The fourth-order valence-electron chi connectivity index (χ4n) is 5.33. The molecule has 36 heavy (non-hydrogen) atoms. The highest BCUT2D eigenvalue weighted by atomic mass is 35.5. The van der Waals surface area contributed by atoms with Crippen LogP contribution in [0.3, 0.4) is 0 Å². The Balaban J connectivity index is 1.37. The highest BCUT2D eigenvalue weighted by Gasteiger charge is 2.50. The molecule has 3 aromatic rings. The first kappa shape index (κ1) is 25.3. The smallest absolute Gasteiger partial charge is 0.229 e. The van der Waals surface area contributed by atoms with Crippen molar-refractivity contribution in [2.75, 3.05) is 31.6 Å². The maximum absolute atomic E-state index is 14.8. The van der Waals surface area contributed by atoms with Gasteiger partial charge in [-0.2, -0.15) is 0 Å². The average Bonchev–Trinajstić information content (AvgIpc) is 3.28. The van der Waals surface area contributed by atoms with Gasteiger partial charge in [-0.1, -0.05) is 31.9 Å². The monoisotopic (exact) mass is 532 g/mol. The molecule has 0 aromatic carbocycles. The molecule has 4 heterocycles. The van der Waals surface area contributed by atoms with Gasteiger partial charge in [-0.3, -0.25) is 4.79 Å². The molecule has 2 aliphatic rings. The summed E-state index contributed by atoms with van der Waals surface area (Å²) in [6, 6.07) is 1.75. The van der Waals surface area contributed by atoms with Crippen LogP contribution >= 0.6 is 20.8 Å². The molecule has 192 valence electrons. The lowest BCUT2D eigenvalue weighted by molar-refractivity contribution is -0.147. The molecule has 1 aliphatic heterocycles. The van der Waals surface area contributed by atoms with E-state index in [0.717, 1.165) is 24.6 Å². The minimum Gasteiger partial charge on any atom is -0.378 e. The van der Waals surface area contributed by atoms with E-state index < -0.39 is 11.2 Å². The molecule has 1 saturated carbocycles. The molecule has 11 heteroatoms. The summed E-state index contributed by atoms with van der Waals surface area (Å²) in [5, 5.41) is 4.26. The topological polar surface area (TPSA) is 96.0 Å². The van der Waals surface area contributed by atoms with E-state index in [0.29, 0.717) is 54.8 Å². The highest BCUT2D eigenvalue weighted by Crippen LogP contribution is 2.50. The van der Waals surface area contributed by atoms with Crippen molar-refractivity contribution in [3.63, 3.8) is 0 Å². The second kappa shape index (κ2) is 9.84. The summed E-state index contributed by atoms with van der Waals surface area (Å²) in [5.74, 6) is 0.160. The quantitative estimate of drug-likeness (QED) is 0.464. The van der Waals surface area contributed by atoms with Gasteiger partial charge in [-0.15, -0.1) is 9.24 Å². The van der Waals surface area contributed by atoms with Gasteiger partial charge in [0.05, 0.1) is 29.8 Å². The number of carbonyl (C=O) groups excluding carboxylic acids is 1. The van der Waals surface area contributed by atoms with Gasteiger partial charge in [-0.25, -0.2) is 19.3 Å². The number of anilines is 1. The number of aromatic nitrogens is 4. The van der Waals surface area contributed by atoms with E-state index in [1.54, 1.807) is 18.5 Å². The normalized spacial score (nSPS) is 23.1. The molecular weight excluding hydrogens is 502 g/mol. The Morgan fingerprint density at radius 3 is 2.89 bits per heavy atom. The van der Waals surface area contributed by atoms with Crippen molar-refractivity contribution < 1.29 is 13.9 Å². The molecule has 1 unspecified atom stereocenters. The Labute approximate surface area is 217 Å². The van der Waals surface area contributed by atoms with Gasteiger partial charge in [0.25, 0.3) is 0 Å². The van der Waals surface area contributed by atoms with Gasteiger partial charge in [0.2, 0.25) is 5.91 Å². The maximum atomic E-state index is 14.8. The van der Waals surface area contributed by atoms with Gasteiger partial charge in [0, 0.05) is 47.6 Å². The summed E-state index contributed by atoms with van der Waals surface area (Å²) < 4.78 is 20.3. The number of carbonyl (C=O) groups is 1. The summed E-state index contributed by atoms with van der Waals surface area (Å²) in [7, 11) is 2.98.